The minimum absolute atomic E-state index is 0.0365. The first-order valence-corrected chi connectivity index (χ1v) is 7.81. The van der Waals surface area contributed by atoms with Gasteiger partial charge in [0.15, 0.2) is 0 Å². The molecule has 0 unspecified atom stereocenters. The molecule has 0 aliphatic heterocycles. The topological polar surface area (TPSA) is 46.2 Å². The molecule has 2 aliphatic rings. The van der Waals surface area contributed by atoms with E-state index in [-0.39, 0.29) is 5.41 Å². The zero-order valence-corrected chi connectivity index (χ0v) is 11.8. The summed E-state index contributed by atoms with van der Waals surface area (Å²) in [5.74, 6) is 0.574. The maximum absolute atomic E-state index is 10.7. The van der Waals surface area contributed by atoms with Crippen LogP contribution in [0.4, 0.5) is 0 Å². The molecule has 0 radical (unpaired) electrons. The van der Waals surface area contributed by atoms with Crippen molar-refractivity contribution in [1.82, 2.24) is 0 Å². The van der Waals surface area contributed by atoms with E-state index in [1.54, 1.807) is 0 Å². The van der Waals surface area contributed by atoms with Crippen molar-refractivity contribution < 1.29 is 5.11 Å². The summed E-state index contributed by atoms with van der Waals surface area (Å²) in [4.78, 5) is 0. The van der Waals surface area contributed by atoms with Gasteiger partial charge in [-0.05, 0) is 49.7 Å². The average molecular weight is 259 g/mol. The first-order valence-electron chi connectivity index (χ1n) is 7.81. The number of rotatable bonds is 2. The Kier molecular flexibility index (Phi) is 3.53. The van der Waals surface area contributed by atoms with Crippen LogP contribution in [0.3, 0.4) is 0 Å². The van der Waals surface area contributed by atoms with Gasteiger partial charge in [0.2, 0.25) is 0 Å². The Balaban J connectivity index is 2.04. The molecule has 1 aromatic carbocycles. The number of aromatic hydroxyl groups is 1. The molecule has 0 bridgehead atoms. The molecule has 0 heterocycles. The smallest absolute Gasteiger partial charge is 0.122 e. The molecular weight excluding hydrogens is 234 g/mol. The molecule has 0 spiro atoms. The fraction of sp³-hybridized carbons (Fsp3) is 0.647. The molecule has 1 saturated carbocycles. The SMILES string of the molecule is NCC1(c2ccc3c(c2O)CCCC3)CCCCC1. The molecule has 0 atom stereocenters. The largest absolute Gasteiger partial charge is 0.507 e. The summed E-state index contributed by atoms with van der Waals surface area (Å²) in [6.07, 6.45) is 10.7. The van der Waals surface area contributed by atoms with Crippen LogP contribution in [0.5, 0.6) is 5.75 Å². The number of phenols is 1. The molecule has 104 valence electrons. The molecule has 0 amide bonds. The summed E-state index contributed by atoms with van der Waals surface area (Å²) in [7, 11) is 0. The third-order valence-corrected chi connectivity index (χ3v) is 5.28. The molecule has 0 saturated heterocycles. The van der Waals surface area contributed by atoms with Gasteiger partial charge in [-0.3, -0.25) is 0 Å². The highest BCUT2D eigenvalue weighted by Crippen LogP contribution is 2.45. The van der Waals surface area contributed by atoms with E-state index in [9.17, 15) is 5.11 Å². The lowest BCUT2D eigenvalue weighted by Crippen LogP contribution is -2.37. The van der Waals surface area contributed by atoms with Crippen molar-refractivity contribution in [2.45, 2.75) is 63.2 Å². The van der Waals surface area contributed by atoms with E-state index in [4.69, 9.17) is 5.73 Å². The highest BCUT2D eigenvalue weighted by atomic mass is 16.3. The average Bonchev–Trinajstić information content (AvgIpc) is 2.48. The van der Waals surface area contributed by atoms with E-state index in [0.29, 0.717) is 12.3 Å². The number of hydrogen-bond acceptors (Lipinski definition) is 2. The van der Waals surface area contributed by atoms with Crippen molar-refractivity contribution in [2.75, 3.05) is 6.54 Å². The van der Waals surface area contributed by atoms with Gasteiger partial charge in [-0.15, -0.1) is 0 Å². The molecule has 0 aromatic heterocycles. The highest BCUT2D eigenvalue weighted by Gasteiger charge is 2.35. The predicted molar refractivity (Wildman–Crippen MR) is 78.6 cm³/mol. The van der Waals surface area contributed by atoms with Crippen LogP contribution in [0.25, 0.3) is 0 Å². The van der Waals surface area contributed by atoms with Crippen LogP contribution in [0.15, 0.2) is 12.1 Å². The van der Waals surface area contributed by atoms with E-state index in [0.717, 1.165) is 31.2 Å². The molecule has 19 heavy (non-hydrogen) atoms. The Bertz CT molecular complexity index is 461. The lowest BCUT2D eigenvalue weighted by molar-refractivity contribution is 0.290. The zero-order valence-electron chi connectivity index (χ0n) is 11.8. The van der Waals surface area contributed by atoms with Crippen LogP contribution < -0.4 is 5.73 Å². The fourth-order valence-corrected chi connectivity index (χ4v) is 4.05. The van der Waals surface area contributed by atoms with Crippen LogP contribution in [0.1, 0.15) is 61.6 Å². The quantitative estimate of drug-likeness (QED) is 0.854. The van der Waals surface area contributed by atoms with Gasteiger partial charge in [-0.2, -0.15) is 0 Å². The molecule has 1 aromatic rings. The number of benzene rings is 1. The van der Waals surface area contributed by atoms with Gasteiger partial charge in [0.1, 0.15) is 5.75 Å². The summed E-state index contributed by atoms with van der Waals surface area (Å²) < 4.78 is 0. The number of nitrogens with two attached hydrogens (primary N) is 1. The Morgan fingerprint density at radius 2 is 1.74 bits per heavy atom. The zero-order chi connectivity index (χ0) is 13.3. The first-order chi connectivity index (χ1) is 9.27. The molecule has 2 aliphatic carbocycles. The molecule has 1 fully saturated rings. The van der Waals surface area contributed by atoms with Gasteiger partial charge in [0.25, 0.3) is 0 Å². The van der Waals surface area contributed by atoms with Gasteiger partial charge >= 0.3 is 0 Å². The highest BCUT2D eigenvalue weighted by molar-refractivity contribution is 5.50. The van der Waals surface area contributed by atoms with Gasteiger partial charge in [-0.25, -0.2) is 0 Å². The van der Waals surface area contributed by atoms with E-state index in [2.05, 4.69) is 12.1 Å². The van der Waals surface area contributed by atoms with Crippen LogP contribution in [0.2, 0.25) is 0 Å². The lowest BCUT2D eigenvalue weighted by Gasteiger charge is -2.38. The Morgan fingerprint density at radius 3 is 2.47 bits per heavy atom. The summed E-state index contributed by atoms with van der Waals surface area (Å²) in [5, 5.41) is 10.7. The molecule has 2 heteroatoms. The third kappa shape index (κ3) is 2.16. The number of aryl methyl sites for hydroxylation is 1. The second kappa shape index (κ2) is 5.16. The standard InChI is InChI=1S/C17H25NO/c18-12-17(10-4-1-5-11-17)15-9-8-13-6-2-3-7-14(13)16(15)19/h8-9,19H,1-7,10-12,18H2. The Hall–Kier alpha value is -1.02. The van der Waals surface area contributed by atoms with Crippen LogP contribution in [0, 0.1) is 0 Å². The minimum Gasteiger partial charge on any atom is -0.507 e. The second-order valence-corrected chi connectivity index (χ2v) is 6.35. The van der Waals surface area contributed by atoms with Crippen molar-refractivity contribution >= 4 is 0 Å². The monoisotopic (exact) mass is 259 g/mol. The van der Waals surface area contributed by atoms with E-state index < -0.39 is 0 Å². The van der Waals surface area contributed by atoms with E-state index in [1.807, 2.05) is 0 Å². The van der Waals surface area contributed by atoms with E-state index in [1.165, 1.54) is 43.2 Å². The lowest BCUT2D eigenvalue weighted by atomic mass is 9.68. The molecular formula is C17H25NO. The Labute approximate surface area is 116 Å². The molecule has 3 N–H and O–H groups in total. The molecule has 3 rings (SSSR count). The fourth-order valence-electron chi connectivity index (χ4n) is 4.05. The van der Waals surface area contributed by atoms with Crippen molar-refractivity contribution in [1.29, 1.82) is 0 Å². The van der Waals surface area contributed by atoms with Crippen molar-refractivity contribution in [3.8, 4) is 5.75 Å². The van der Waals surface area contributed by atoms with Gasteiger partial charge in [-0.1, -0.05) is 31.4 Å². The summed E-state index contributed by atoms with van der Waals surface area (Å²) in [6, 6.07) is 4.41. The summed E-state index contributed by atoms with van der Waals surface area (Å²) in [5.41, 5.74) is 9.84. The number of hydrogen-bond donors (Lipinski definition) is 2. The Morgan fingerprint density at radius 1 is 1.00 bits per heavy atom. The third-order valence-electron chi connectivity index (χ3n) is 5.28. The van der Waals surface area contributed by atoms with E-state index >= 15 is 0 Å². The maximum atomic E-state index is 10.7. The van der Waals surface area contributed by atoms with Crippen LogP contribution in [-0.4, -0.2) is 11.7 Å². The first kappa shape index (κ1) is 13.0. The van der Waals surface area contributed by atoms with Gasteiger partial charge < -0.3 is 10.8 Å². The van der Waals surface area contributed by atoms with Crippen molar-refractivity contribution in [3.05, 3.63) is 28.8 Å². The minimum atomic E-state index is 0.0365. The number of fused-ring (bicyclic) bond motifs is 1. The normalized spacial score (nSPS) is 21.9. The summed E-state index contributed by atoms with van der Waals surface area (Å²) >= 11 is 0. The molecule has 2 nitrogen and oxygen atoms in total. The maximum Gasteiger partial charge on any atom is 0.122 e. The number of phenolic OH excluding ortho intramolecular Hbond substituents is 1. The van der Waals surface area contributed by atoms with Crippen molar-refractivity contribution in [2.24, 2.45) is 5.73 Å². The van der Waals surface area contributed by atoms with Gasteiger partial charge in [0, 0.05) is 17.5 Å². The van der Waals surface area contributed by atoms with Crippen molar-refractivity contribution in [3.63, 3.8) is 0 Å². The second-order valence-electron chi connectivity index (χ2n) is 6.35. The van der Waals surface area contributed by atoms with Gasteiger partial charge in [0.05, 0.1) is 0 Å². The predicted octanol–water partition coefficient (Wildman–Crippen LogP) is 3.43. The van der Waals surface area contributed by atoms with Crippen LogP contribution >= 0.6 is 0 Å². The van der Waals surface area contributed by atoms with Crippen LogP contribution in [-0.2, 0) is 18.3 Å². The summed E-state index contributed by atoms with van der Waals surface area (Å²) in [6.45, 7) is 0.666.